The molecule has 7 heteroatoms. The molecule has 7 nitrogen and oxygen atoms in total. The molecule has 0 saturated carbocycles. The average molecular weight is 352 g/mol. The van der Waals surface area contributed by atoms with Gasteiger partial charge in [0.1, 0.15) is 11.4 Å². The Morgan fingerprint density at radius 1 is 1.08 bits per heavy atom. The van der Waals surface area contributed by atoms with Gasteiger partial charge in [0.25, 0.3) is 5.91 Å². The number of unbranched alkanes of at least 4 members (excludes halogenated alkanes) is 2. The van der Waals surface area contributed by atoms with Crippen molar-refractivity contribution < 1.29 is 24.5 Å². The Labute approximate surface area is 148 Å². The normalized spacial score (nSPS) is 11.0. The zero-order chi connectivity index (χ0) is 18.9. The first-order valence-corrected chi connectivity index (χ1v) is 8.41. The highest BCUT2D eigenvalue weighted by molar-refractivity contribution is 5.94. The maximum atomic E-state index is 12.0. The second kappa shape index (κ2) is 9.88. The molecule has 1 aromatic carbocycles. The Morgan fingerprint density at radius 3 is 2.32 bits per heavy atom. The summed E-state index contributed by atoms with van der Waals surface area (Å²) in [7, 11) is 0. The van der Waals surface area contributed by atoms with Crippen LogP contribution in [0, 0.1) is 0 Å². The Kier molecular flexibility index (Phi) is 8.21. The van der Waals surface area contributed by atoms with Gasteiger partial charge in [0.15, 0.2) is 0 Å². The molecule has 2 amide bonds. The van der Waals surface area contributed by atoms with Crippen LogP contribution in [0.15, 0.2) is 18.2 Å². The zero-order valence-corrected chi connectivity index (χ0v) is 15.1. The predicted molar refractivity (Wildman–Crippen MR) is 94.5 cm³/mol. The second-order valence-corrected chi connectivity index (χ2v) is 6.75. The molecule has 140 valence electrons. The Bertz CT molecular complexity index is 581. The monoisotopic (exact) mass is 352 g/mol. The van der Waals surface area contributed by atoms with E-state index in [1.165, 1.54) is 18.2 Å². The van der Waals surface area contributed by atoms with Gasteiger partial charge in [-0.1, -0.05) is 0 Å². The minimum Gasteiger partial charge on any atom is -0.508 e. The van der Waals surface area contributed by atoms with Crippen molar-refractivity contribution in [2.75, 3.05) is 13.1 Å². The van der Waals surface area contributed by atoms with Crippen molar-refractivity contribution >= 4 is 12.0 Å². The lowest BCUT2D eigenvalue weighted by Gasteiger charge is -2.19. The fourth-order valence-corrected chi connectivity index (χ4v) is 2.09. The number of nitrogens with one attached hydrogen (secondary N) is 2. The van der Waals surface area contributed by atoms with Crippen molar-refractivity contribution in [1.82, 2.24) is 10.6 Å². The molecule has 0 aliphatic heterocycles. The number of aliphatic hydroxyl groups excluding tert-OH is 1. The van der Waals surface area contributed by atoms with Gasteiger partial charge >= 0.3 is 6.09 Å². The van der Waals surface area contributed by atoms with Crippen LogP contribution in [0.5, 0.6) is 5.75 Å². The smallest absolute Gasteiger partial charge is 0.407 e. The number of alkyl carbamates (subject to hydrolysis) is 1. The van der Waals surface area contributed by atoms with Gasteiger partial charge in [-0.05, 0) is 58.2 Å². The molecule has 0 aliphatic rings. The molecular weight excluding hydrogens is 324 g/mol. The molecule has 0 heterocycles. The SMILES string of the molecule is CC(C)(C)OC(=O)NCCCCCNC(=O)c1ccc(O)c(CO)c1. The predicted octanol–water partition coefficient (Wildman–Crippen LogP) is 2.31. The molecule has 25 heavy (non-hydrogen) atoms. The number of hydrogen-bond acceptors (Lipinski definition) is 5. The van der Waals surface area contributed by atoms with Crippen LogP contribution in [0.2, 0.25) is 0 Å². The van der Waals surface area contributed by atoms with Crippen molar-refractivity contribution in [3.63, 3.8) is 0 Å². The fraction of sp³-hybridized carbons (Fsp3) is 0.556. The van der Waals surface area contributed by atoms with E-state index in [2.05, 4.69) is 10.6 Å². The van der Waals surface area contributed by atoms with Crippen LogP contribution >= 0.6 is 0 Å². The summed E-state index contributed by atoms with van der Waals surface area (Å²) in [6.45, 7) is 6.16. The highest BCUT2D eigenvalue weighted by Crippen LogP contribution is 2.18. The number of aliphatic hydroxyl groups is 1. The lowest BCUT2D eigenvalue weighted by Crippen LogP contribution is -2.33. The largest absolute Gasteiger partial charge is 0.508 e. The van der Waals surface area contributed by atoms with Crippen LogP contribution in [0.3, 0.4) is 0 Å². The van der Waals surface area contributed by atoms with E-state index in [1.54, 1.807) is 0 Å². The molecule has 0 bridgehead atoms. The maximum absolute atomic E-state index is 12.0. The first kappa shape index (κ1) is 20.8. The van der Waals surface area contributed by atoms with E-state index < -0.39 is 11.7 Å². The van der Waals surface area contributed by atoms with E-state index in [1.807, 2.05) is 20.8 Å². The van der Waals surface area contributed by atoms with Crippen molar-refractivity contribution in [2.24, 2.45) is 0 Å². The molecule has 0 aliphatic carbocycles. The molecule has 4 N–H and O–H groups in total. The molecule has 0 radical (unpaired) electrons. The van der Waals surface area contributed by atoms with Gasteiger partial charge in [-0.25, -0.2) is 4.79 Å². The van der Waals surface area contributed by atoms with Crippen LogP contribution in [0.1, 0.15) is 56.0 Å². The summed E-state index contributed by atoms with van der Waals surface area (Å²) >= 11 is 0. The van der Waals surface area contributed by atoms with Crippen LogP contribution in [0.4, 0.5) is 4.79 Å². The van der Waals surface area contributed by atoms with Gasteiger partial charge in [0, 0.05) is 24.2 Å². The summed E-state index contributed by atoms with van der Waals surface area (Å²) in [5, 5.41) is 24.0. The minimum atomic E-state index is -0.502. The van der Waals surface area contributed by atoms with Crippen molar-refractivity contribution in [3.05, 3.63) is 29.3 Å². The number of benzene rings is 1. The summed E-state index contributed by atoms with van der Waals surface area (Å²) in [6.07, 6.45) is 2.01. The Balaban J connectivity index is 2.17. The minimum absolute atomic E-state index is 0.0310. The lowest BCUT2D eigenvalue weighted by molar-refractivity contribution is 0.0527. The Hall–Kier alpha value is -2.28. The third-order valence-corrected chi connectivity index (χ3v) is 3.32. The average Bonchev–Trinajstić information content (AvgIpc) is 2.52. The third kappa shape index (κ3) is 8.39. The van der Waals surface area contributed by atoms with Crippen LogP contribution < -0.4 is 10.6 Å². The van der Waals surface area contributed by atoms with Crippen LogP contribution in [-0.2, 0) is 11.3 Å². The molecule has 0 unspecified atom stereocenters. The van der Waals surface area contributed by atoms with E-state index in [4.69, 9.17) is 9.84 Å². The Morgan fingerprint density at radius 2 is 1.72 bits per heavy atom. The van der Waals surface area contributed by atoms with Crippen LogP contribution in [0.25, 0.3) is 0 Å². The topological polar surface area (TPSA) is 108 Å². The van der Waals surface area contributed by atoms with Gasteiger partial charge in [-0.3, -0.25) is 4.79 Å². The zero-order valence-electron chi connectivity index (χ0n) is 15.1. The number of carbonyl (C=O) groups excluding carboxylic acids is 2. The number of phenols is 1. The standard InChI is InChI=1S/C18H28N2O5/c1-18(2,3)25-17(24)20-10-6-4-5-9-19-16(23)13-7-8-15(22)14(11-13)12-21/h7-8,11,21-22H,4-6,9-10,12H2,1-3H3,(H,19,23)(H,20,24). The number of hydrogen-bond donors (Lipinski definition) is 4. The summed E-state index contributed by atoms with van der Waals surface area (Å²) in [5.41, 5.74) is 0.215. The maximum Gasteiger partial charge on any atom is 0.407 e. The molecule has 0 atom stereocenters. The molecule has 0 spiro atoms. The number of aromatic hydroxyl groups is 1. The molecule has 0 saturated heterocycles. The highest BCUT2D eigenvalue weighted by Gasteiger charge is 2.15. The van der Waals surface area contributed by atoms with Crippen molar-refractivity contribution in [1.29, 1.82) is 0 Å². The second-order valence-electron chi connectivity index (χ2n) is 6.75. The van der Waals surface area contributed by atoms with Gasteiger partial charge in [0.05, 0.1) is 6.61 Å². The summed E-state index contributed by atoms with van der Waals surface area (Å²) in [5.74, 6) is -0.280. The van der Waals surface area contributed by atoms with E-state index in [0.717, 1.165) is 19.3 Å². The van der Waals surface area contributed by atoms with E-state index in [9.17, 15) is 14.7 Å². The summed E-state index contributed by atoms with van der Waals surface area (Å²) < 4.78 is 5.13. The first-order valence-electron chi connectivity index (χ1n) is 8.41. The van der Waals surface area contributed by atoms with Gasteiger partial charge in [-0.2, -0.15) is 0 Å². The van der Waals surface area contributed by atoms with E-state index >= 15 is 0 Å². The van der Waals surface area contributed by atoms with Crippen LogP contribution in [-0.4, -0.2) is 40.9 Å². The third-order valence-electron chi connectivity index (χ3n) is 3.32. The highest BCUT2D eigenvalue weighted by atomic mass is 16.6. The van der Waals surface area contributed by atoms with Gasteiger partial charge < -0.3 is 25.6 Å². The number of rotatable bonds is 8. The van der Waals surface area contributed by atoms with Crippen molar-refractivity contribution in [2.45, 2.75) is 52.2 Å². The lowest BCUT2D eigenvalue weighted by atomic mass is 10.1. The summed E-state index contributed by atoms with van der Waals surface area (Å²) in [4.78, 5) is 23.4. The number of amides is 2. The molecule has 0 fully saturated rings. The van der Waals surface area contributed by atoms with E-state index in [0.29, 0.717) is 24.2 Å². The number of ether oxygens (including phenoxy) is 1. The molecule has 1 aromatic rings. The van der Waals surface area contributed by atoms with Gasteiger partial charge in [-0.15, -0.1) is 0 Å². The van der Waals surface area contributed by atoms with Gasteiger partial charge in [0.2, 0.25) is 0 Å². The number of carbonyl (C=O) groups is 2. The fourth-order valence-electron chi connectivity index (χ4n) is 2.09. The van der Waals surface area contributed by atoms with E-state index in [-0.39, 0.29) is 18.3 Å². The summed E-state index contributed by atoms with van der Waals surface area (Å²) in [6, 6.07) is 4.37. The van der Waals surface area contributed by atoms with Crippen molar-refractivity contribution in [3.8, 4) is 5.75 Å². The molecule has 0 aromatic heterocycles. The molecule has 1 rings (SSSR count). The first-order chi connectivity index (χ1) is 11.7. The molecular formula is C18H28N2O5. The quantitative estimate of drug-likeness (QED) is 0.537.